The molecule has 0 aromatic heterocycles. The lowest BCUT2D eigenvalue weighted by molar-refractivity contribution is -0.167. The minimum Gasteiger partial charge on any atom is -0.462 e. The monoisotopic (exact) mass is 760 g/mol. The van der Waals surface area contributed by atoms with Crippen LogP contribution in [0.2, 0.25) is 0 Å². The molecular formula is C47H85NO6. The van der Waals surface area contributed by atoms with Crippen molar-refractivity contribution in [1.29, 1.82) is 0 Å². The van der Waals surface area contributed by atoms with E-state index in [4.69, 9.17) is 14.2 Å². The van der Waals surface area contributed by atoms with Crippen molar-refractivity contribution < 1.29 is 28.6 Å². The molecular weight excluding hydrogens is 675 g/mol. The summed E-state index contributed by atoms with van der Waals surface area (Å²) < 4.78 is 16.7. The van der Waals surface area contributed by atoms with Crippen molar-refractivity contribution in [3.63, 3.8) is 0 Å². The van der Waals surface area contributed by atoms with Gasteiger partial charge in [-0.2, -0.15) is 0 Å². The van der Waals surface area contributed by atoms with Crippen LogP contribution in [0.1, 0.15) is 219 Å². The predicted octanol–water partition coefficient (Wildman–Crippen LogP) is 12.9. The van der Waals surface area contributed by atoms with E-state index in [9.17, 15) is 14.4 Å². The Bertz CT molecular complexity index is 927. The maximum absolute atomic E-state index is 12.7. The summed E-state index contributed by atoms with van der Waals surface area (Å²) in [6.07, 6.45) is 44.1. The largest absolute Gasteiger partial charge is 0.462 e. The van der Waals surface area contributed by atoms with Crippen LogP contribution in [0.25, 0.3) is 0 Å². The molecule has 314 valence electrons. The van der Waals surface area contributed by atoms with Gasteiger partial charge in [-0.25, -0.2) is 0 Å². The van der Waals surface area contributed by atoms with Crippen LogP contribution in [0.3, 0.4) is 0 Å². The van der Waals surface area contributed by atoms with Crippen LogP contribution >= 0.6 is 0 Å². The number of unbranched alkanes of at least 4 members (excludes halogenated alkanes) is 22. The normalized spacial score (nSPS) is 14.0. The highest BCUT2D eigenvalue weighted by molar-refractivity contribution is 5.71. The lowest BCUT2D eigenvalue weighted by atomic mass is 10.1. The molecule has 0 spiro atoms. The maximum Gasteiger partial charge on any atom is 0.306 e. The molecule has 54 heavy (non-hydrogen) atoms. The molecule has 0 bridgehead atoms. The van der Waals surface area contributed by atoms with Crippen molar-refractivity contribution >= 4 is 17.9 Å². The summed E-state index contributed by atoms with van der Waals surface area (Å²) in [5.74, 6) is -0.911. The van der Waals surface area contributed by atoms with Crippen LogP contribution in [0, 0.1) is 0 Å². The fraction of sp³-hybridized carbons (Fsp3) is 0.851. The number of carbonyl (C=O) groups is 3. The Hall–Kier alpha value is -2.15. The summed E-state index contributed by atoms with van der Waals surface area (Å²) in [6.45, 7) is 7.46. The Morgan fingerprint density at radius 1 is 0.463 bits per heavy atom. The predicted molar refractivity (Wildman–Crippen MR) is 226 cm³/mol. The number of rotatable bonds is 39. The fourth-order valence-corrected chi connectivity index (χ4v) is 7.01. The summed E-state index contributed by atoms with van der Waals surface area (Å²) >= 11 is 0. The van der Waals surface area contributed by atoms with E-state index in [0.29, 0.717) is 19.3 Å². The Morgan fingerprint density at radius 2 is 0.815 bits per heavy atom. The Morgan fingerprint density at radius 3 is 1.24 bits per heavy atom. The Kier molecular flexibility index (Phi) is 36.1. The van der Waals surface area contributed by atoms with Gasteiger partial charge in [0.05, 0.1) is 0 Å². The molecule has 1 atom stereocenters. The molecule has 0 aliphatic carbocycles. The van der Waals surface area contributed by atoms with Gasteiger partial charge >= 0.3 is 17.9 Å². The number of nitrogens with zero attached hydrogens (tertiary/aromatic N) is 1. The zero-order valence-electron chi connectivity index (χ0n) is 35.4. The van der Waals surface area contributed by atoms with Crippen LogP contribution in [0.15, 0.2) is 24.3 Å². The second kappa shape index (κ2) is 39.1. The average molecular weight is 760 g/mol. The zero-order valence-corrected chi connectivity index (χ0v) is 35.4. The van der Waals surface area contributed by atoms with Crippen LogP contribution in [0.4, 0.5) is 0 Å². The van der Waals surface area contributed by atoms with Gasteiger partial charge in [0.15, 0.2) is 6.10 Å². The lowest BCUT2D eigenvalue weighted by Crippen LogP contribution is -2.31. The van der Waals surface area contributed by atoms with Gasteiger partial charge in [-0.3, -0.25) is 14.4 Å². The van der Waals surface area contributed by atoms with Gasteiger partial charge in [-0.15, -0.1) is 0 Å². The summed E-state index contributed by atoms with van der Waals surface area (Å²) in [5.41, 5.74) is 0. The first-order valence-electron chi connectivity index (χ1n) is 23.1. The summed E-state index contributed by atoms with van der Waals surface area (Å²) in [4.78, 5) is 40.0. The molecule has 0 N–H and O–H groups in total. The van der Waals surface area contributed by atoms with Crippen molar-refractivity contribution in [2.45, 2.75) is 225 Å². The standard InChI is InChI=1S/C47H85NO6/c1-3-5-7-9-11-13-15-17-19-21-23-25-27-29-31-36-45(49)52-42-44(43-53-46(50)38-35-41-48-39-33-34-40-48)54-47(51)37-32-30-28-26-24-22-20-18-16-14-12-10-8-6-4-2/h17-20,44H,3-16,21-43H2,1-2H3/b19-17-,20-18-. The second-order valence-electron chi connectivity index (χ2n) is 15.8. The van der Waals surface area contributed by atoms with Crippen LogP contribution in [-0.4, -0.2) is 61.8 Å². The molecule has 1 heterocycles. The number of likely N-dealkylation sites (tertiary alicyclic amines) is 1. The molecule has 0 amide bonds. The number of allylic oxidation sites excluding steroid dienone is 4. The first-order chi connectivity index (χ1) is 26.5. The van der Waals surface area contributed by atoms with Gasteiger partial charge in [-0.1, -0.05) is 141 Å². The zero-order chi connectivity index (χ0) is 39.0. The molecule has 1 unspecified atom stereocenters. The molecule has 7 nitrogen and oxygen atoms in total. The molecule has 1 fully saturated rings. The van der Waals surface area contributed by atoms with E-state index in [-0.39, 0.29) is 31.1 Å². The number of hydrogen-bond acceptors (Lipinski definition) is 7. The number of hydrogen-bond donors (Lipinski definition) is 0. The van der Waals surface area contributed by atoms with Crippen molar-refractivity contribution in [3.05, 3.63) is 24.3 Å². The van der Waals surface area contributed by atoms with E-state index >= 15 is 0 Å². The van der Waals surface area contributed by atoms with Crippen molar-refractivity contribution in [3.8, 4) is 0 Å². The topological polar surface area (TPSA) is 82.1 Å². The number of carbonyl (C=O) groups excluding carboxylic acids is 3. The molecule has 1 aliphatic rings. The quantitative estimate of drug-likeness (QED) is 0.0267. The molecule has 0 aromatic carbocycles. The van der Waals surface area contributed by atoms with Crippen molar-refractivity contribution in [2.75, 3.05) is 32.8 Å². The molecule has 0 saturated carbocycles. The van der Waals surface area contributed by atoms with Crippen molar-refractivity contribution in [2.24, 2.45) is 0 Å². The minimum absolute atomic E-state index is 0.0803. The van der Waals surface area contributed by atoms with Gasteiger partial charge in [0, 0.05) is 19.3 Å². The van der Waals surface area contributed by atoms with Gasteiger partial charge in [0.25, 0.3) is 0 Å². The smallest absolute Gasteiger partial charge is 0.306 e. The highest BCUT2D eigenvalue weighted by Crippen LogP contribution is 2.14. The highest BCUT2D eigenvalue weighted by Gasteiger charge is 2.20. The van der Waals surface area contributed by atoms with E-state index in [2.05, 4.69) is 43.1 Å². The van der Waals surface area contributed by atoms with Crippen LogP contribution < -0.4 is 0 Å². The molecule has 7 heteroatoms. The summed E-state index contributed by atoms with van der Waals surface area (Å²) in [6, 6.07) is 0. The highest BCUT2D eigenvalue weighted by atomic mass is 16.6. The van der Waals surface area contributed by atoms with Gasteiger partial charge < -0.3 is 19.1 Å². The van der Waals surface area contributed by atoms with Crippen LogP contribution in [0.5, 0.6) is 0 Å². The first-order valence-corrected chi connectivity index (χ1v) is 23.1. The van der Waals surface area contributed by atoms with E-state index in [1.165, 1.54) is 128 Å². The van der Waals surface area contributed by atoms with E-state index in [0.717, 1.165) is 77.4 Å². The average Bonchev–Trinajstić information content (AvgIpc) is 3.69. The fourth-order valence-electron chi connectivity index (χ4n) is 7.01. The van der Waals surface area contributed by atoms with Gasteiger partial charge in [0.2, 0.25) is 0 Å². The molecule has 1 saturated heterocycles. The lowest BCUT2D eigenvalue weighted by Gasteiger charge is -2.18. The maximum atomic E-state index is 12.7. The number of esters is 3. The minimum atomic E-state index is -0.777. The molecule has 0 radical (unpaired) electrons. The SMILES string of the molecule is CCCCCCCC/C=C\CCCCCCCC(=O)OCC(COC(=O)CCCN1CCCC1)OC(=O)CCCCCCC/C=C\CCCCCCCC. The Labute approximate surface area is 333 Å². The first kappa shape index (κ1) is 49.9. The molecule has 1 rings (SSSR count). The second-order valence-corrected chi connectivity index (χ2v) is 15.8. The van der Waals surface area contributed by atoms with E-state index in [1.54, 1.807) is 0 Å². The van der Waals surface area contributed by atoms with E-state index in [1.807, 2.05) is 0 Å². The van der Waals surface area contributed by atoms with Crippen molar-refractivity contribution in [1.82, 2.24) is 4.90 Å². The van der Waals surface area contributed by atoms with Gasteiger partial charge in [0.1, 0.15) is 13.2 Å². The molecule has 0 aromatic rings. The Balaban J connectivity index is 2.23. The molecule has 1 aliphatic heterocycles. The number of ether oxygens (including phenoxy) is 3. The summed E-state index contributed by atoms with van der Waals surface area (Å²) in [7, 11) is 0. The third-order valence-electron chi connectivity index (χ3n) is 10.5. The van der Waals surface area contributed by atoms with Gasteiger partial charge in [-0.05, 0) is 103 Å². The summed E-state index contributed by atoms with van der Waals surface area (Å²) in [5, 5.41) is 0. The third-order valence-corrected chi connectivity index (χ3v) is 10.5. The van der Waals surface area contributed by atoms with E-state index < -0.39 is 6.10 Å². The third kappa shape index (κ3) is 34.3. The van der Waals surface area contributed by atoms with Crippen LogP contribution in [-0.2, 0) is 28.6 Å².